The van der Waals surface area contributed by atoms with Crippen molar-refractivity contribution in [2.75, 3.05) is 26.2 Å². The fourth-order valence-corrected chi connectivity index (χ4v) is 4.20. The lowest BCUT2D eigenvalue weighted by molar-refractivity contribution is -0.132. The van der Waals surface area contributed by atoms with Gasteiger partial charge in [-0.2, -0.15) is 0 Å². The maximum atomic E-state index is 12.9. The number of imidazole rings is 1. The number of aromatic nitrogens is 2. The summed E-state index contributed by atoms with van der Waals surface area (Å²) in [6.45, 7) is 5.44. The zero-order valence-corrected chi connectivity index (χ0v) is 15.4. The van der Waals surface area contributed by atoms with Crippen LogP contribution in [0.3, 0.4) is 0 Å². The highest BCUT2D eigenvalue weighted by atomic mass is 16.2. The van der Waals surface area contributed by atoms with Crippen molar-refractivity contribution in [2.24, 2.45) is 0 Å². The lowest BCUT2D eigenvalue weighted by Gasteiger charge is -2.27. The highest BCUT2D eigenvalue weighted by Gasteiger charge is 2.33. The van der Waals surface area contributed by atoms with Gasteiger partial charge in [-0.15, -0.1) is 0 Å². The van der Waals surface area contributed by atoms with Crippen molar-refractivity contribution in [2.45, 2.75) is 45.1 Å². The molecule has 2 fully saturated rings. The number of benzene rings is 1. The van der Waals surface area contributed by atoms with Crippen LogP contribution in [0.5, 0.6) is 0 Å². The molecule has 1 aromatic heterocycles. The predicted molar refractivity (Wildman–Crippen MR) is 99.8 cm³/mol. The first-order valence-electron chi connectivity index (χ1n) is 9.68. The van der Waals surface area contributed by atoms with E-state index in [1.807, 2.05) is 45.6 Å². The normalized spacial score (nSPS) is 21.0. The summed E-state index contributed by atoms with van der Waals surface area (Å²) in [7, 11) is 0. The standard InChI is InChI=1S/C20H26N4O2/c1-2-22-13-15(12-18(22)25)20-21-16-8-4-5-9-17(16)24(20)14-19(26)23-10-6-3-7-11-23/h4-5,8-9,15H,2-3,6-7,10-14H2,1H3/t15-/m0/s1. The number of hydrogen-bond donors (Lipinski definition) is 0. The molecule has 2 aromatic rings. The Kier molecular flexibility index (Phi) is 4.66. The van der Waals surface area contributed by atoms with Crippen LogP contribution in [0, 0.1) is 0 Å². The SMILES string of the molecule is CCN1C[C@@H](c2nc3ccccc3n2CC(=O)N2CCCCC2)CC1=O. The summed E-state index contributed by atoms with van der Waals surface area (Å²) >= 11 is 0. The molecule has 0 saturated carbocycles. The summed E-state index contributed by atoms with van der Waals surface area (Å²) in [5, 5.41) is 0. The van der Waals surface area contributed by atoms with E-state index in [0.717, 1.165) is 49.3 Å². The number of likely N-dealkylation sites (N-methyl/N-ethyl adjacent to an activating group) is 1. The number of fused-ring (bicyclic) bond motifs is 1. The van der Waals surface area contributed by atoms with Crippen molar-refractivity contribution in [1.29, 1.82) is 0 Å². The van der Waals surface area contributed by atoms with E-state index < -0.39 is 0 Å². The molecule has 6 nitrogen and oxygen atoms in total. The van der Waals surface area contributed by atoms with E-state index in [9.17, 15) is 9.59 Å². The molecule has 0 N–H and O–H groups in total. The van der Waals surface area contributed by atoms with Crippen molar-refractivity contribution in [3.05, 3.63) is 30.1 Å². The number of amides is 2. The highest BCUT2D eigenvalue weighted by molar-refractivity contribution is 5.83. The van der Waals surface area contributed by atoms with Crippen molar-refractivity contribution >= 4 is 22.8 Å². The number of likely N-dealkylation sites (tertiary alicyclic amines) is 2. The van der Waals surface area contributed by atoms with E-state index in [2.05, 4.69) is 0 Å². The Labute approximate surface area is 153 Å². The Morgan fingerprint density at radius 1 is 1.19 bits per heavy atom. The molecule has 2 aliphatic rings. The van der Waals surface area contributed by atoms with Crippen LogP contribution in [-0.2, 0) is 16.1 Å². The van der Waals surface area contributed by atoms with Gasteiger partial charge >= 0.3 is 0 Å². The largest absolute Gasteiger partial charge is 0.342 e. The second-order valence-corrected chi connectivity index (χ2v) is 7.32. The van der Waals surface area contributed by atoms with E-state index in [1.165, 1.54) is 6.42 Å². The molecule has 0 bridgehead atoms. The van der Waals surface area contributed by atoms with Gasteiger partial charge in [0.05, 0.1) is 11.0 Å². The van der Waals surface area contributed by atoms with Gasteiger partial charge in [0.25, 0.3) is 0 Å². The van der Waals surface area contributed by atoms with Gasteiger partial charge in [-0.25, -0.2) is 4.98 Å². The molecule has 0 spiro atoms. The molecule has 2 aliphatic heterocycles. The summed E-state index contributed by atoms with van der Waals surface area (Å²) in [4.78, 5) is 33.7. The van der Waals surface area contributed by atoms with Crippen molar-refractivity contribution in [1.82, 2.24) is 19.4 Å². The third kappa shape index (κ3) is 3.08. The zero-order chi connectivity index (χ0) is 18.1. The quantitative estimate of drug-likeness (QED) is 0.847. The lowest BCUT2D eigenvalue weighted by atomic mass is 10.1. The summed E-state index contributed by atoms with van der Waals surface area (Å²) in [5.74, 6) is 1.27. The molecule has 2 amide bonds. The maximum absolute atomic E-state index is 12.9. The summed E-state index contributed by atoms with van der Waals surface area (Å²) in [6.07, 6.45) is 3.87. The van der Waals surface area contributed by atoms with E-state index in [0.29, 0.717) is 19.5 Å². The van der Waals surface area contributed by atoms with E-state index in [1.54, 1.807) is 0 Å². The van der Waals surface area contributed by atoms with Gasteiger partial charge in [0.2, 0.25) is 11.8 Å². The smallest absolute Gasteiger partial charge is 0.242 e. The second-order valence-electron chi connectivity index (χ2n) is 7.32. The van der Waals surface area contributed by atoms with Gasteiger partial charge in [-0.3, -0.25) is 9.59 Å². The Morgan fingerprint density at radius 3 is 2.69 bits per heavy atom. The first-order valence-corrected chi connectivity index (χ1v) is 9.68. The molecule has 26 heavy (non-hydrogen) atoms. The monoisotopic (exact) mass is 354 g/mol. The second kappa shape index (κ2) is 7.09. The highest BCUT2D eigenvalue weighted by Crippen LogP contribution is 2.30. The Balaban J connectivity index is 1.66. The Hall–Kier alpha value is -2.37. The van der Waals surface area contributed by atoms with Crippen LogP contribution in [0.25, 0.3) is 11.0 Å². The molecule has 1 aromatic carbocycles. The molecule has 3 heterocycles. The Bertz CT molecular complexity index is 822. The van der Waals surface area contributed by atoms with Crippen molar-refractivity contribution < 1.29 is 9.59 Å². The first kappa shape index (κ1) is 17.1. The molecule has 0 aliphatic carbocycles. The van der Waals surface area contributed by atoms with Crippen LogP contribution in [-0.4, -0.2) is 57.3 Å². The predicted octanol–water partition coefficient (Wildman–Crippen LogP) is 2.38. The summed E-state index contributed by atoms with van der Waals surface area (Å²) in [5.41, 5.74) is 1.88. The summed E-state index contributed by atoms with van der Waals surface area (Å²) in [6, 6.07) is 7.95. The lowest BCUT2D eigenvalue weighted by Crippen LogP contribution is -2.38. The average molecular weight is 354 g/mol. The molecule has 6 heteroatoms. The molecule has 4 rings (SSSR count). The minimum absolute atomic E-state index is 0.0593. The van der Waals surface area contributed by atoms with Crippen molar-refractivity contribution in [3.8, 4) is 0 Å². The van der Waals surface area contributed by atoms with Crippen LogP contribution in [0.2, 0.25) is 0 Å². The molecule has 0 radical (unpaired) electrons. The molecule has 1 atom stereocenters. The fourth-order valence-electron chi connectivity index (χ4n) is 4.20. The molecular weight excluding hydrogens is 328 g/mol. The van der Waals surface area contributed by atoms with Gasteiger partial charge < -0.3 is 14.4 Å². The van der Waals surface area contributed by atoms with Crippen LogP contribution in [0.1, 0.15) is 44.3 Å². The maximum Gasteiger partial charge on any atom is 0.242 e. The van der Waals surface area contributed by atoms with Gasteiger partial charge in [-0.05, 0) is 38.3 Å². The van der Waals surface area contributed by atoms with Gasteiger partial charge in [0.15, 0.2) is 0 Å². The van der Waals surface area contributed by atoms with Crippen LogP contribution >= 0.6 is 0 Å². The average Bonchev–Trinajstić information content (AvgIpc) is 3.23. The third-order valence-electron chi connectivity index (χ3n) is 5.65. The van der Waals surface area contributed by atoms with Gasteiger partial charge in [0, 0.05) is 38.5 Å². The molecule has 0 unspecified atom stereocenters. The minimum Gasteiger partial charge on any atom is -0.342 e. The molecule has 2 saturated heterocycles. The van der Waals surface area contributed by atoms with Crippen LogP contribution in [0.15, 0.2) is 24.3 Å². The Morgan fingerprint density at radius 2 is 1.96 bits per heavy atom. The fraction of sp³-hybridized carbons (Fsp3) is 0.550. The summed E-state index contributed by atoms with van der Waals surface area (Å²) < 4.78 is 2.05. The third-order valence-corrected chi connectivity index (χ3v) is 5.65. The number of carbonyl (C=O) groups excluding carboxylic acids is 2. The number of hydrogen-bond acceptors (Lipinski definition) is 3. The number of piperidine rings is 1. The first-order chi connectivity index (χ1) is 12.7. The number of para-hydroxylation sites is 2. The van der Waals surface area contributed by atoms with Gasteiger partial charge in [-0.1, -0.05) is 12.1 Å². The van der Waals surface area contributed by atoms with E-state index in [4.69, 9.17) is 4.98 Å². The van der Waals surface area contributed by atoms with Gasteiger partial charge in [0.1, 0.15) is 12.4 Å². The minimum atomic E-state index is 0.0593. The van der Waals surface area contributed by atoms with Crippen LogP contribution < -0.4 is 0 Å². The van der Waals surface area contributed by atoms with E-state index >= 15 is 0 Å². The topological polar surface area (TPSA) is 58.4 Å². The van der Waals surface area contributed by atoms with E-state index in [-0.39, 0.29) is 17.7 Å². The zero-order valence-electron chi connectivity index (χ0n) is 15.4. The molecule has 138 valence electrons. The number of rotatable bonds is 4. The number of nitrogens with zero attached hydrogens (tertiary/aromatic N) is 4. The van der Waals surface area contributed by atoms with Crippen LogP contribution in [0.4, 0.5) is 0 Å². The number of carbonyl (C=O) groups is 2. The molecular formula is C20H26N4O2. The van der Waals surface area contributed by atoms with Crippen molar-refractivity contribution in [3.63, 3.8) is 0 Å².